The molecule has 156 valence electrons. The number of hydrogen-bond donors (Lipinski definition) is 2. The number of nitrogens with zero attached hydrogens (tertiary/aromatic N) is 3. The lowest BCUT2D eigenvalue weighted by Gasteiger charge is -2.20. The Morgan fingerprint density at radius 1 is 1.13 bits per heavy atom. The van der Waals surface area contributed by atoms with Gasteiger partial charge in [-0.15, -0.1) is 0 Å². The van der Waals surface area contributed by atoms with Crippen molar-refractivity contribution in [2.75, 3.05) is 23.3 Å². The van der Waals surface area contributed by atoms with Crippen molar-refractivity contribution in [3.63, 3.8) is 0 Å². The third-order valence-corrected chi connectivity index (χ3v) is 5.99. The molecule has 2 N–H and O–H groups in total. The maximum Gasteiger partial charge on any atom is 0.183 e. The van der Waals surface area contributed by atoms with E-state index in [4.69, 9.17) is 0 Å². The minimum atomic E-state index is -0.268. The van der Waals surface area contributed by atoms with E-state index < -0.39 is 0 Å². The molecule has 0 fully saturated rings. The standard InChI is InChI=1S/C23H26FN5S/c1-5-29(6-2)22-20(21(27-28-22)16-9-7-8-10-17(16)24)15-11-12-18-19(13-15)30-23(26-18)25-14(3)4/h7-14H,5-6H2,1-4H3,(H,25,26)(H,27,28). The lowest BCUT2D eigenvalue weighted by atomic mass is 10.00. The van der Waals surface area contributed by atoms with Gasteiger partial charge in [-0.1, -0.05) is 29.5 Å². The van der Waals surface area contributed by atoms with Crippen molar-refractivity contribution >= 4 is 32.5 Å². The minimum absolute atomic E-state index is 0.268. The fraction of sp³-hybridized carbons (Fsp3) is 0.304. The van der Waals surface area contributed by atoms with Crippen molar-refractivity contribution < 1.29 is 4.39 Å². The Morgan fingerprint density at radius 2 is 1.90 bits per heavy atom. The Hall–Kier alpha value is -2.93. The highest BCUT2D eigenvalue weighted by atomic mass is 32.1. The van der Waals surface area contributed by atoms with Gasteiger partial charge in [-0.3, -0.25) is 5.10 Å². The molecule has 0 bridgehead atoms. The van der Waals surface area contributed by atoms with Gasteiger partial charge in [0.25, 0.3) is 0 Å². The Bertz CT molecular complexity index is 1160. The normalized spacial score (nSPS) is 11.4. The Labute approximate surface area is 180 Å². The second-order valence-electron chi connectivity index (χ2n) is 7.45. The van der Waals surface area contributed by atoms with E-state index in [0.29, 0.717) is 17.3 Å². The average Bonchev–Trinajstić information content (AvgIpc) is 3.32. The van der Waals surface area contributed by atoms with E-state index in [0.717, 1.165) is 45.4 Å². The summed E-state index contributed by atoms with van der Waals surface area (Å²) in [4.78, 5) is 6.85. The van der Waals surface area contributed by atoms with E-state index in [9.17, 15) is 4.39 Å². The van der Waals surface area contributed by atoms with Crippen LogP contribution in [0.2, 0.25) is 0 Å². The molecule has 0 spiro atoms. The molecule has 0 amide bonds. The molecule has 0 aliphatic carbocycles. The van der Waals surface area contributed by atoms with Crippen LogP contribution in [-0.4, -0.2) is 34.3 Å². The molecule has 0 unspecified atom stereocenters. The van der Waals surface area contributed by atoms with Gasteiger partial charge >= 0.3 is 0 Å². The van der Waals surface area contributed by atoms with Crippen LogP contribution in [0.1, 0.15) is 27.7 Å². The zero-order valence-corrected chi connectivity index (χ0v) is 18.5. The van der Waals surface area contributed by atoms with E-state index in [1.165, 1.54) is 6.07 Å². The molecular weight excluding hydrogens is 397 g/mol. The molecule has 0 aliphatic heterocycles. The van der Waals surface area contributed by atoms with Gasteiger partial charge in [-0.05, 0) is 57.5 Å². The van der Waals surface area contributed by atoms with E-state index in [2.05, 4.69) is 59.2 Å². The Morgan fingerprint density at radius 3 is 2.60 bits per heavy atom. The summed E-state index contributed by atoms with van der Waals surface area (Å²) in [5, 5.41) is 12.0. The van der Waals surface area contributed by atoms with Crippen LogP contribution in [0.5, 0.6) is 0 Å². The van der Waals surface area contributed by atoms with Crippen LogP contribution < -0.4 is 10.2 Å². The summed E-state index contributed by atoms with van der Waals surface area (Å²) in [5.41, 5.74) is 4.07. The number of anilines is 2. The molecule has 0 saturated heterocycles. The maximum atomic E-state index is 14.6. The first kappa shape index (κ1) is 20.3. The van der Waals surface area contributed by atoms with Crippen LogP contribution in [0, 0.1) is 5.82 Å². The van der Waals surface area contributed by atoms with Crippen molar-refractivity contribution in [3.8, 4) is 22.4 Å². The van der Waals surface area contributed by atoms with E-state index in [1.807, 2.05) is 18.2 Å². The van der Waals surface area contributed by atoms with E-state index in [1.54, 1.807) is 23.5 Å². The minimum Gasteiger partial charge on any atom is -0.359 e. The van der Waals surface area contributed by atoms with Crippen LogP contribution in [0.4, 0.5) is 15.3 Å². The number of nitrogens with one attached hydrogen (secondary N) is 2. The second-order valence-corrected chi connectivity index (χ2v) is 8.48. The topological polar surface area (TPSA) is 56.8 Å². The molecule has 4 rings (SSSR count). The molecule has 2 aromatic carbocycles. The fourth-order valence-electron chi connectivity index (χ4n) is 3.61. The van der Waals surface area contributed by atoms with Gasteiger partial charge in [0.2, 0.25) is 0 Å². The lowest BCUT2D eigenvalue weighted by molar-refractivity contribution is 0.630. The van der Waals surface area contributed by atoms with Gasteiger partial charge in [-0.25, -0.2) is 9.37 Å². The van der Waals surface area contributed by atoms with Crippen molar-refractivity contribution in [2.45, 2.75) is 33.7 Å². The predicted octanol–water partition coefficient (Wildman–Crippen LogP) is 6.16. The van der Waals surface area contributed by atoms with Gasteiger partial charge < -0.3 is 10.2 Å². The highest BCUT2D eigenvalue weighted by Gasteiger charge is 2.22. The summed E-state index contributed by atoms with van der Waals surface area (Å²) in [6, 6.07) is 13.3. The molecule has 7 heteroatoms. The quantitative estimate of drug-likeness (QED) is 0.374. The summed E-state index contributed by atoms with van der Waals surface area (Å²) in [6.07, 6.45) is 0. The van der Waals surface area contributed by atoms with Crippen molar-refractivity contribution in [1.29, 1.82) is 0 Å². The number of aromatic nitrogens is 3. The molecule has 2 heterocycles. The Kier molecular flexibility index (Phi) is 5.72. The Balaban J connectivity index is 1.89. The van der Waals surface area contributed by atoms with Crippen molar-refractivity contribution in [1.82, 2.24) is 15.2 Å². The third kappa shape index (κ3) is 3.77. The largest absolute Gasteiger partial charge is 0.359 e. The molecule has 0 aliphatic rings. The van der Waals surface area contributed by atoms with Crippen molar-refractivity contribution in [3.05, 3.63) is 48.3 Å². The van der Waals surface area contributed by atoms with Gasteiger partial charge in [0.1, 0.15) is 5.82 Å². The zero-order chi connectivity index (χ0) is 21.3. The van der Waals surface area contributed by atoms with E-state index >= 15 is 0 Å². The monoisotopic (exact) mass is 423 g/mol. The average molecular weight is 424 g/mol. The summed E-state index contributed by atoms with van der Waals surface area (Å²) in [6.45, 7) is 10.0. The number of benzene rings is 2. The first-order valence-corrected chi connectivity index (χ1v) is 11.1. The van der Waals surface area contributed by atoms with Crippen LogP contribution in [0.25, 0.3) is 32.6 Å². The lowest BCUT2D eigenvalue weighted by Crippen LogP contribution is -2.22. The molecule has 0 radical (unpaired) electrons. The maximum absolute atomic E-state index is 14.6. The second kappa shape index (κ2) is 8.44. The summed E-state index contributed by atoms with van der Waals surface area (Å²) in [7, 11) is 0. The van der Waals surface area contributed by atoms with Crippen LogP contribution in [0.3, 0.4) is 0 Å². The first-order chi connectivity index (χ1) is 14.5. The summed E-state index contributed by atoms with van der Waals surface area (Å²) in [5.74, 6) is 0.568. The number of thiazole rings is 1. The predicted molar refractivity (Wildman–Crippen MR) is 125 cm³/mol. The third-order valence-electron chi connectivity index (χ3n) is 5.04. The number of fused-ring (bicyclic) bond motifs is 1. The van der Waals surface area contributed by atoms with Crippen LogP contribution in [-0.2, 0) is 0 Å². The smallest absolute Gasteiger partial charge is 0.183 e. The number of H-pyrrole nitrogens is 1. The van der Waals surface area contributed by atoms with Crippen LogP contribution in [0.15, 0.2) is 42.5 Å². The zero-order valence-electron chi connectivity index (χ0n) is 17.7. The molecule has 0 saturated carbocycles. The molecule has 0 atom stereocenters. The van der Waals surface area contributed by atoms with Gasteiger partial charge in [0.05, 0.1) is 21.5 Å². The van der Waals surface area contributed by atoms with Crippen molar-refractivity contribution in [2.24, 2.45) is 0 Å². The summed E-state index contributed by atoms with van der Waals surface area (Å²) >= 11 is 1.63. The van der Waals surface area contributed by atoms with Gasteiger partial charge in [0, 0.05) is 24.7 Å². The fourth-order valence-corrected chi connectivity index (χ4v) is 4.66. The SMILES string of the molecule is CCN(CC)c1n[nH]c(-c2ccccc2F)c1-c1ccc2nc(NC(C)C)sc2c1. The molecule has 30 heavy (non-hydrogen) atoms. The van der Waals surface area contributed by atoms with Crippen LogP contribution >= 0.6 is 11.3 Å². The number of halogens is 1. The highest BCUT2D eigenvalue weighted by molar-refractivity contribution is 7.22. The number of rotatable bonds is 7. The molecular formula is C23H26FN5S. The first-order valence-electron chi connectivity index (χ1n) is 10.3. The molecule has 5 nitrogen and oxygen atoms in total. The number of aromatic amines is 1. The van der Waals surface area contributed by atoms with Gasteiger partial charge in [-0.2, -0.15) is 5.10 Å². The molecule has 4 aromatic rings. The summed E-state index contributed by atoms with van der Waals surface area (Å²) < 4.78 is 15.7. The van der Waals surface area contributed by atoms with E-state index in [-0.39, 0.29) is 5.82 Å². The number of hydrogen-bond acceptors (Lipinski definition) is 5. The molecule has 2 aromatic heterocycles. The van der Waals surface area contributed by atoms with Gasteiger partial charge in [0.15, 0.2) is 10.9 Å². The highest BCUT2D eigenvalue weighted by Crippen LogP contribution is 2.40.